The van der Waals surface area contributed by atoms with Gasteiger partial charge in [-0.25, -0.2) is 9.07 Å². The lowest BCUT2D eigenvalue weighted by Gasteiger charge is -2.16. The molecule has 5 nitrogen and oxygen atoms in total. The van der Waals surface area contributed by atoms with Crippen LogP contribution in [0.15, 0.2) is 47.2 Å². The Labute approximate surface area is 172 Å². The molecule has 1 atom stereocenters. The first kappa shape index (κ1) is 18.2. The zero-order valence-corrected chi connectivity index (χ0v) is 16.5. The van der Waals surface area contributed by atoms with E-state index in [0.717, 1.165) is 34.1 Å². The standard InChI is InChI=1S/C20H15BrF3N5/c21-15-4-2-12-13(18(15)22)3-6-16(12)26-11-1-5-17-14(7-11)19(28-27-17)10-8-25-29(9-10)20(23)24/h1-2,4-5,7-9,16,20,26H,3,6H2,(H,27,28). The van der Waals surface area contributed by atoms with Crippen molar-refractivity contribution in [3.05, 3.63) is 64.1 Å². The fraction of sp³-hybridized carbons (Fsp3) is 0.200. The van der Waals surface area contributed by atoms with Crippen molar-refractivity contribution in [3.8, 4) is 11.3 Å². The fourth-order valence-electron chi connectivity index (χ4n) is 3.87. The maximum absolute atomic E-state index is 14.3. The van der Waals surface area contributed by atoms with Gasteiger partial charge in [0, 0.05) is 22.8 Å². The highest BCUT2D eigenvalue weighted by molar-refractivity contribution is 9.10. The lowest BCUT2D eigenvalue weighted by Crippen LogP contribution is -2.07. The Hall–Kier alpha value is -2.81. The van der Waals surface area contributed by atoms with Gasteiger partial charge < -0.3 is 5.32 Å². The summed E-state index contributed by atoms with van der Waals surface area (Å²) in [7, 11) is 0. The third-order valence-electron chi connectivity index (χ3n) is 5.27. The summed E-state index contributed by atoms with van der Waals surface area (Å²) in [6.45, 7) is -2.70. The van der Waals surface area contributed by atoms with E-state index in [0.29, 0.717) is 26.8 Å². The van der Waals surface area contributed by atoms with Gasteiger partial charge in [0.25, 0.3) is 0 Å². The van der Waals surface area contributed by atoms with Gasteiger partial charge in [-0.1, -0.05) is 6.07 Å². The first-order valence-electron chi connectivity index (χ1n) is 9.05. The van der Waals surface area contributed by atoms with Crippen LogP contribution in [-0.4, -0.2) is 20.0 Å². The number of fused-ring (bicyclic) bond motifs is 2. The molecule has 5 rings (SSSR count). The van der Waals surface area contributed by atoms with Crippen molar-refractivity contribution < 1.29 is 13.2 Å². The summed E-state index contributed by atoms with van der Waals surface area (Å²) in [6.07, 6.45) is 4.11. The number of nitrogens with zero attached hydrogens (tertiary/aromatic N) is 3. The normalized spacial score (nSPS) is 16.0. The zero-order chi connectivity index (χ0) is 20.1. The molecule has 148 valence electrons. The van der Waals surface area contributed by atoms with Gasteiger partial charge in [-0.3, -0.25) is 5.10 Å². The summed E-state index contributed by atoms with van der Waals surface area (Å²) < 4.78 is 41.1. The second-order valence-electron chi connectivity index (χ2n) is 6.98. The molecule has 29 heavy (non-hydrogen) atoms. The first-order chi connectivity index (χ1) is 14.0. The van der Waals surface area contributed by atoms with Crippen molar-refractivity contribution in [3.63, 3.8) is 0 Å². The number of rotatable bonds is 4. The molecule has 2 aromatic heterocycles. The summed E-state index contributed by atoms with van der Waals surface area (Å²) in [5, 5.41) is 15.1. The SMILES string of the molecule is Fc1c(Br)ccc2c1CCC2Nc1ccc2[nH]nc(-c3cnn(C(F)F)c3)c2c1. The Kier molecular flexibility index (Phi) is 4.34. The third-order valence-corrected chi connectivity index (χ3v) is 5.88. The minimum atomic E-state index is -2.70. The number of aromatic nitrogens is 4. The predicted octanol–water partition coefficient (Wildman–Crippen LogP) is 5.82. The minimum Gasteiger partial charge on any atom is -0.378 e. The van der Waals surface area contributed by atoms with E-state index >= 15 is 0 Å². The molecule has 2 heterocycles. The van der Waals surface area contributed by atoms with Gasteiger partial charge >= 0.3 is 6.55 Å². The third kappa shape index (κ3) is 3.09. The number of halogens is 4. The number of hydrogen-bond acceptors (Lipinski definition) is 3. The number of nitrogens with one attached hydrogen (secondary N) is 2. The lowest BCUT2D eigenvalue weighted by atomic mass is 10.1. The molecule has 0 saturated heterocycles. The molecule has 9 heteroatoms. The quantitative estimate of drug-likeness (QED) is 0.402. The molecule has 1 unspecified atom stereocenters. The Morgan fingerprint density at radius 3 is 2.90 bits per heavy atom. The molecule has 0 spiro atoms. The van der Waals surface area contributed by atoms with E-state index in [1.54, 1.807) is 6.07 Å². The topological polar surface area (TPSA) is 58.5 Å². The van der Waals surface area contributed by atoms with Gasteiger partial charge in [0.05, 0.1) is 22.2 Å². The molecular weight excluding hydrogens is 447 g/mol. The average Bonchev–Trinajstić information content (AvgIpc) is 3.43. The molecule has 1 aliphatic rings. The Morgan fingerprint density at radius 1 is 1.24 bits per heavy atom. The molecule has 2 aromatic carbocycles. The van der Waals surface area contributed by atoms with Crippen molar-refractivity contribution >= 4 is 32.5 Å². The first-order valence-corrected chi connectivity index (χ1v) is 9.84. The summed E-state index contributed by atoms with van der Waals surface area (Å²) in [5.74, 6) is -0.199. The lowest BCUT2D eigenvalue weighted by molar-refractivity contribution is 0.0566. The number of aromatic amines is 1. The van der Waals surface area contributed by atoms with Crippen molar-refractivity contribution in [1.82, 2.24) is 20.0 Å². The predicted molar refractivity (Wildman–Crippen MR) is 107 cm³/mol. The van der Waals surface area contributed by atoms with Crippen LogP contribution in [0, 0.1) is 5.82 Å². The maximum Gasteiger partial charge on any atom is 0.333 e. The average molecular weight is 462 g/mol. The Bertz CT molecular complexity index is 1220. The maximum atomic E-state index is 14.3. The molecule has 0 radical (unpaired) electrons. The number of anilines is 1. The van der Waals surface area contributed by atoms with Crippen molar-refractivity contribution in [1.29, 1.82) is 0 Å². The Balaban J connectivity index is 1.48. The largest absolute Gasteiger partial charge is 0.378 e. The van der Waals surface area contributed by atoms with E-state index in [1.165, 1.54) is 12.4 Å². The van der Waals surface area contributed by atoms with E-state index in [9.17, 15) is 13.2 Å². The van der Waals surface area contributed by atoms with E-state index < -0.39 is 6.55 Å². The molecule has 0 saturated carbocycles. The fourth-order valence-corrected chi connectivity index (χ4v) is 4.25. The van der Waals surface area contributed by atoms with Crippen LogP contribution in [0.25, 0.3) is 22.2 Å². The van der Waals surface area contributed by atoms with E-state index in [4.69, 9.17) is 0 Å². The van der Waals surface area contributed by atoms with Gasteiger partial charge in [-0.2, -0.15) is 19.0 Å². The van der Waals surface area contributed by atoms with Crippen LogP contribution >= 0.6 is 15.9 Å². The van der Waals surface area contributed by atoms with Gasteiger partial charge in [0.2, 0.25) is 0 Å². The van der Waals surface area contributed by atoms with Crippen molar-refractivity contribution in [2.75, 3.05) is 5.32 Å². The van der Waals surface area contributed by atoms with Gasteiger partial charge in [0.1, 0.15) is 11.5 Å². The molecule has 0 bridgehead atoms. The molecule has 2 N–H and O–H groups in total. The van der Waals surface area contributed by atoms with Gasteiger partial charge in [-0.15, -0.1) is 0 Å². The number of hydrogen-bond donors (Lipinski definition) is 2. The van der Waals surface area contributed by atoms with Crippen LogP contribution < -0.4 is 5.32 Å². The minimum absolute atomic E-state index is 0.00184. The van der Waals surface area contributed by atoms with Crippen LogP contribution in [0.2, 0.25) is 0 Å². The van der Waals surface area contributed by atoms with Crippen LogP contribution in [-0.2, 0) is 6.42 Å². The van der Waals surface area contributed by atoms with Crippen LogP contribution in [0.4, 0.5) is 18.9 Å². The number of benzene rings is 2. The molecule has 0 aliphatic heterocycles. The molecule has 0 amide bonds. The van der Waals surface area contributed by atoms with Crippen molar-refractivity contribution in [2.24, 2.45) is 0 Å². The smallest absolute Gasteiger partial charge is 0.333 e. The molecule has 0 fully saturated rings. The highest BCUT2D eigenvalue weighted by atomic mass is 79.9. The molecule has 4 aromatic rings. The van der Waals surface area contributed by atoms with Crippen LogP contribution in [0.1, 0.15) is 30.1 Å². The molecule has 1 aliphatic carbocycles. The monoisotopic (exact) mass is 461 g/mol. The summed E-state index contributed by atoms with van der Waals surface area (Å²) in [5.41, 5.74) is 4.39. The second kappa shape index (κ2) is 6.91. The number of H-pyrrole nitrogens is 1. The van der Waals surface area contributed by atoms with Crippen LogP contribution in [0.5, 0.6) is 0 Å². The van der Waals surface area contributed by atoms with Gasteiger partial charge in [-0.05, 0) is 64.2 Å². The summed E-state index contributed by atoms with van der Waals surface area (Å²) >= 11 is 3.24. The second-order valence-corrected chi connectivity index (χ2v) is 7.84. The van der Waals surface area contributed by atoms with Crippen LogP contribution in [0.3, 0.4) is 0 Å². The van der Waals surface area contributed by atoms with E-state index in [-0.39, 0.29) is 11.9 Å². The Morgan fingerprint density at radius 2 is 2.10 bits per heavy atom. The highest BCUT2D eigenvalue weighted by Crippen LogP contribution is 2.38. The van der Waals surface area contributed by atoms with E-state index in [2.05, 4.69) is 36.5 Å². The van der Waals surface area contributed by atoms with Crippen molar-refractivity contribution in [2.45, 2.75) is 25.4 Å². The summed E-state index contributed by atoms with van der Waals surface area (Å²) in [6, 6.07) is 9.38. The number of alkyl halides is 2. The highest BCUT2D eigenvalue weighted by Gasteiger charge is 2.26. The summed E-state index contributed by atoms with van der Waals surface area (Å²) in [4.78, 5) is 0. The van der Waals surface area contributed by atoms with Gasteiger partial charge in [0.15, 0.2) is 0 Å². The van der Waals surface area contributed by atoms with E-state index in [1.807, 2.05) is 24.3 Å². The zero-order valence-electron chi connectivity index (χ0n) is 15.0. The molecular formula is C20H15BrF3N5.